The van der Waals surface area contributed by atoms with Gasteiger partial charge in [0.05, 0.1) is 17.4 Å². The van der Waals surface area contributed by atoms with E-state index in [1.54, 1.807) is 20.2 Å². The number of rotatable bonds is 4. The molecule has 0 aliphatic heterocycles. The number of hydrogen-bond acceptors (Lipinski definition) is 3. The molecule has 0 atom stereocenters. The minimum absolute atomic E-state index is 0.0951. The van der Waals surface area contributed by atoms with Gasteiger partial charge in [0.2, 0.25) is 0 Å². The number of nitrogens with one attached hydrogen (secondary N) is 2. The van der Waals surface area contributed by atoms with Gasteiger partial charge in [0.1, 0.15) is 5.75 Å². The van der Waals surface area contributed by atoms with Crippen LogP contribution in [0.2, 0.25) is 0 Å². The topological polar surface area (TPSA) is 50.4 Å². The van der Waals surface area contributed by atoms with E-state index >= 15 is 0 Å². The molecule has 1 fully saturated rings. The molecule has 16 heavy (non-hydrogen) atoms. The van der Waals surface area contributed by atoms with Gasteiger partial charge in [-0.1, -0.05) is 0 Å². The van der Waals surface area contributed by atoms with Crippen molar-refractivity contribution in [2.75, 3.05) is 19.4 Å². The third-order valence-electron chi connectivity index (χ3n) is 2.56. The molecule has 2 N–H and O–H groups in total. The Morgan fingerprint density at radius 2 is 2.12 bits per heavy atom. The van der Waals surface area contributed by atoms with Crippen LogP contribution in [-0.2, 0) is 0 Å². The van der Waals surface area contributed by atoms with Crippen molar-refractivity contribution in [1.29, 1.82) is 0 Å². The van der Waals surface area contributed by atoms with Gasteiger partial charge >= 0.3 is 0 Å². The Balaban J connectivity index is 2.22. The lowest BCUT2D eigenvalue weighted by molar-refractivity contribution is 0.0964. The molecule has 2 rings (SSSR count). The van der Waals surface area contributed by atoms with Crippen molar-refractivity contribution in [3.63, 3.8) is 0 Å². The van der Waals surface area contributed by atoms with E-state index in [1.807, 2.05) is 12.1 Å². The lowest BCUT2D eigenvalue weighted by Gasteiger charge is -2.11. The van der Waals surface area contributed by atoms with E-state index in [0.29, 0.717) is 11.7 Å². The Labute approximate surface area is 95.0 Å². The molecule has 4 heteroatoms. The van der Waals surface area contributed by atoms with Crippen molar-refractivity contribution in [2.45, 2.75) is 18.9 Å². The van der Waals surface area contributed by atoms with Crippen molar-refractivity contribution >= 4 is 11.6 Å². The lowest BCUT2D eigenvalue weighted by Crippen LogP contribution is -2.19. The van der Waals surface area contributed by atoms with E-state index in [0.717, 1.165) is 24.3 Å². The van der Waals surface area contributed by atoms with Crippen molar-refractivity contribution < 1.29 is 9.53 Å². The van der Waals surface area contributed by atoms with Gasteiger partial charge in [-0.3, -0.25) is 4.79 Å². The zero-order valence-corrected chi connectivity index (χ0v) is 9.54. The van der Waals surface area contributed by atoms with Crippen LogP contribution in [0.5, 0.6) is 5.75 Å². The zero-order valence-electron chi connectivity index (χ0n) is 9.54. The average molecular weight is 220 g/mol. The maximum atomic E-state index is 11.5. The van der Waals surface area contributed by atoms with Gasteiger partial charge in [0, 0.05) is 20.2 Å². The summed E-state index contributed by atoms with van der Waals surface area (Å²) in [6.45, 7) is 0. The van der Waals surface area contributed by atoms with Gasteiger partial charge in [-0.25, -0.2) is 0 Å². The van der Waals surface area contributed by atoms with Crippen molar-refractivity contribution in [2.24, 2.45) is 0 Å². The summed E-state index contributed by atoms with van der Waals surface area (Å²) in [6, 6.07) is 5.48. The SMILES string of the molecule is CNC(=O)c1ccc(OC2CC2)cc1NC. The van der Waals surface area contributed by atoms with E-state index in [1.165, 1.54) is 0 Å². The molecule has 4 nitrogen and oxygen atoms in total. The van der Waals surface area contributed by atoms with Crippen molar-refractivity contribution in [1.82, 2.24) is 5.32 Å². The first-order valence-corrected chi connectivity index (χ1v) is 5.45. The number of carbonyl (C=O) groups is 1. The van der Waals surface area contributed by atoms with Crippen LogP contribution in [0.3, 0.4) is 0 Å². The van der Waals surface area contributed by atoms with E-state index in [4.69, 9.17) is 4.74 Å². The van der Waals surface area contributed by atoms with Gasteiger partial charge in [-0.2, -0.15) is 0 Å². The van der Waals surface area contributed by atoms with E-state index in [9.17, 15) is 4.79 Å². The molecule has 1 saturated carbocycles. The second-order valence-corrected chi connectivity index (χ2v) is 3.85. The summed E-state index contributed by atoms with van der Waals surface area (Å²) in [6.07, 6.45) is 2.63. The van der Waals surface area contributed by atoms with Gasteiger partial charge < -0.3 is 15.4 Å². The van der Waals surface area contributed by atoms with E-state index < -0.39 is 0 Å². The molecule has 86 valence electrons. The third-order valence-corrected chi connectivity index (χ3v) is 2.56. The van der Waals surface area contributed by atoms with Crippen LogP contribution in [0, 0.1) is 0 Å². The fourth-order valence-electron chi connectivity index (χ4n) is 1.51. The standard InChI is InChI=1S/C12H16N2O2/c1-13-11-7-9(16-8-3-4-8)5-6-10(11)12(15)14-2/h5-8,13H,3-4H2,1-2H3,(H,14,15). The Morgan fingerprint density at radius 3 is 2.69 bits per heavy atom. The van der Waals surface area contributed by atoms with Gasteiger partial charge in [0.15, 0.2) is 0 Å². The normalized spacial score (nSPS) is 14.4. The zero-order chi connectivity index (χ0) is 11.5. The van der Waals surface area contributed by atoms with Gasteiger partial charge in [0.25, 0.3) is 5.91 Å². The van der Waals surface area contributed by atoms with E-state index in [2.05, 4.69) is 10.6 Å². The fourth-order valence-corrected chi connectivity index (χ4v) is 1.51. The first-order chi connectivity index (χ1) is 7.74. The van der Waals surface area contributed by atoms with Crippen LogP contribution < -0.4 is 15.4 Å². The Kier molecular flexibility index (Phi) is 2.99. The second kappa shape index (κ2) is 4.43. The Hall–Kier alpha value is -1.71. The Morgan fingerprint density at radius 1 is 1.38 bits per heavy atom. The van der Waals surface area contributed by atoms with E-state index in [-0.39, 0.29) is 5.91 Å². The highest BCUT2D eigenvalue weighted by molar-refractivity contribution is 5.99. The molecule has 0 saturated heterocycles. The molecule has 0 heterocycles. The summed E-state index contributed by atoms with van der Waals surface area (Å²) in [5, 5.41) is 5.61. The van der Waals surface area contributed by atoms with Crippen LogP contribution in [0.15, 0.2) is 18.2 Å². The predicted molar refractivity (Wildman–Crippen MR) is 63.0 cm³/mol. The molecule has 0 spiro atoms. The number of hydrogen-bond donors (Lipinski definition) is 2. The molecule has 0 bridgehead atoms. The smallest absolute Gasteiger partial charge is 0.253 e. The van der Waals surface area contributed by atoms with Crippen molar-refractivity contribution in [3.05, 3.63) is 23.8 Å². The largest absolute Gasteiger partial charge is 0.490 e. The molecular formula is C12H16N2O2. The van der Waals surface area contributed by atoms with Crippen LogP contribution in [0.25, 0.3) is 0 Å². The summed E-state index contributed by atoms with van der Waals surface area (Å²) in [7, 11) is 3.42. The number of anilines is 1. The highest BCUT2D eigenvalue weighted by Crippen LogP contribution is 2.29. The molecule has 1 aromatic carbocycles. The third kappa shape index (κ3) is 2.27. The number of carbonyl (C=O) groups excluding carboxylic acids is 1. The lowest BCUT2D eigenvalue weighted by atomic mass is 10.1. The summed E-state index contributed by atoms with van der Waals surface area (Å²) >= 11 is 0. The average Bonchev–Trinajstić information content (AvgIpc) is 3.11. The van der Waals surface area contributed by atoms with Gasteiger partial charge in [-0.15, -0.1) is 0 Å². The minimum Gasteiger partial charge on any atom is -0.490 e. The monoisotopic (exact) mass is 220 g/mol. The van der Waals surface area contributed by atoms with Crippen LogP contribution in [0.1, 0.15) is 23.2 Å². The summed E-state index contributed by atoms with van der Waals surface area (Å²) < 4.78 is 5.66. The number of amides is 1. The van der Waals surface area contributed by atoms with Gasteiger partial charge in [-0.05, 0) is 25.0 Å². The van der Waals surface area contributed by atoms with Crippen LogP contribution in [0.4, 0.5) is 5.69 Å². The molecule has 0 aromatic heterocycles. The summed E-state index contributed by atoms with van der Waals surface area (Å²) in [5.74, 6) is 0.724. The number of benzene rings is 1. The Bertz CT molecular complexity index is 400. The quantitative estimate of drug-likeness (QED) is 0.810. The maximum absolute atomic E-state index is 11.5. The molecule has 1 amide bonds. The summed E-state index contributed by atoms with van der Waals surface area (Å²) in [5.41, 5.74) is 1.42. The summed E-state index contributed by atoms with van der Waals surface area (Å²) in [4.78, 5) is 11.5. The molecular weight excluding hydrogens is 204 g/mol. The van der Waals surface area contributed by atoms with Crippen LogP contribution in [-0.4, -0.2) is 26.1 Å². The fraction of sp³-hybridized carbons (Fsp3) is 0.417. The van der Waals surface area contributed by atoms with Crippen molar-refractivity contribution in [3.8, 4) is 5.75 Å². The molecule has 1 aliphatic carbocycles. The highest BCUT2D eigenvalue weighted by atomic mass is 16.5. The maximum Gasteiger partial charge on any atom is 0.253 e. The molecule has 0 unspecified atom stereocenters. The molecule has 0 radical (unpaired) electrons. The molecule has 1 aromatic rings. The first-order valence-electron chi connectivity index (χ1n) is 5.45. The molecule has 1 aliphatic rings. The second-order valence-electron chi connectivity index (χ2n) is 3.85. The van der Waals surface area contributed by atoms with Crippen LogP contribution >= 0.6 is 0 Å². The highest BCUT2D eigenvalue weighted by Gasteiger charge is 2.23. The minimum atomic E-state index is -0.0951. The first kappa shape index (κ1) is 10.8. The number of ether oxygens (including phenoxy) is 1. The predicted octanol–water partition coefficient (Wildman–Crippen LogP) is 1.63.